The molecule has 0 aromatic carbocycles. The first-order chi connectivity index (χ1) is 7.11. The largest absolute Gasteiger partial charge is 0.326 e. The Labute approximate surface area is 90.9 Å². The number of hydrogen-bond donors (Lipinski definition) is 1. The third-order valence-corrected chi connectivity index (χ3v) is 2.55. The van der Waals surface area contributed by atoms with Crippen molar-refractivity contribution in [2.75, 3.05) is 0 Å². The minimum absolute atomic E-state index is 0.0746. The Kier molecular flexibility index (Phi) is 4.09. The van der Waals surface area contributed by atoms with Crippen LogP contribution in [0.2, 0.25) is 0 Å². The lowest BCUT2D eigenvalue weighted by atomic mass is 10.1. The van der Waals surface area contributed by atoms with E-state index in [1.807, 2.05) is 16.7 Å². The van der Waals surface area contributed by atoms with E-state index < -0.39 is 0 Å². The average Bonchev–Trinajstić information content (AvgIpc) is 2.20. The lowest BCUT2D eigenvalue weighted by molar-refractivity contribution is 0.590. The van der Waals surface area contributed by atoms with Crippen LogP contribution in [0.15, 0.2) is 16.9 Å². The maximum absolute atomic E-state index is 12.0. The smallest absolute Gasteiger partial charge is 0.255 e. The van der Waals surface area contributed by atoms with Crippen molar-refractivity contribution in [1.29, 1.82) is 0 Å². The quantitative estimate of drug-likeness (QED) is 0.820. The Hall–Kier alpha value is -1.09. The average molecular weight is 208 g/mol. The topological polar surface area (TPSA) is 48.0 Å². The van der Waals surface area contributed by atoms with Crippen molar-refractivity contribution in [3.05, 3.63) is 33.7 Å². The van der Waals surface area contributed by atoms with Crippen LogP contribution in [0, 0.1) is 0 Å². The Balaban J connectivity index is 3.31. The fourth-order valence-corrected chi connectivity index (χ4v) is 1.75. The molecule has 0 amide bonds. The summed E-state index contributed by atoms with van der Waals surface area (Å²) in [5, 5.41) is 0. The first-order valence-corrected chi connectivity index (χ1v) is 5.54. The summed E-state index contributed by atoms with van der Waals surface area (Å²) in [5.74, 6) is 0.371. The Morgan fingerprint density at radius 2 is 2.07 bits per heavy atom. The third-order valence-electron chi connectivity index (χ3n) is 2.55. The van der Waals surface area contributed by atoms with Gasteiger partial charge in [0.25, 0.3) is 5.56 Å². The van der Waals surface area contributed by atoms with Gasteiger partial charge >= 0.3 is 0 Å². The molecule has 3 heteroatoms. The molecule has 15 heavy (non-hydrogen) atoms. The highest BCUT2D eigenvalue weighted by atomic mass is 16.1. The summed E-state index contributed by atoms with van der Waals surface area (Å²) in [6.45, 7) is 7.37. The van der Waals surface area contributed by atoms with E-state index in [0.717, 1.165) is 18.7 Å². The van der Waals surface area contributed by atoms with Crippen LogP contribution in [-0.4, -0.2) is 4.57 Å². The second-order valence-corrected chi connectivity index (χ2v) is 4.10. The van der Waals surface area contributed by atoms with Crippen molar-refractivity contribution >= 4 is 0 Å². The van der Waals surface area contributed by atoms with Crippen molar-refractivity contribution in [3.63, 3.8) is 0 Å². The van der Waals surface area contributed by atoms with Gasteiger partial charge in [0.15, 0.2) is 0 Å². The first kappa shape index (κ1) is 12.0. The molecule has 1 aromatic heterocycles. The molecular weight excluding hydrogens is 188 g/mol. The zero-order valence-electron chi connectivity index (χ0n) is 9.79. The standard InChI is InChI=1S/C12H20N2O/c1-4-7-14-11(9(2)3)6-5-10(8-13)12(14)15/h5-6,9H,4,7-8,13H2,1-3H3. The fraction of sp³-hybridized carbons (Fsp3) is 0.583. The highest BCUT2D eigenvalue weighted by Gasteiger charge is 2.09. The molecule has 1 aromatic rings. The molecule has 0 atom stereocenters. The summed E-state index contributed by atoms with van der Waals surface area (Å²) in [5.41, 5.74) is 7.40. The number of pyridine rings is 1. The SMILES string of the molecule is CCCn1c(C(C)C)ccc(CN)c1=O. The van der Waals surface area contributed by atoms with Gasteiger partial charge in [-0.3, -0.25) is 4.79 Å². The van der Waals surface area contributed by atoms with Gasteiger partial charge in [0.05, 0.1) is 0 Å². The van der Waals surface area contributed by atoms with Crippen molar-refractivity contribution in [2.45, 2.75) is 46.2 Å². The second-order valence-electron chi connectivity index (χ2n) is 4.10. The van der Waals surface area contributed by atoms with E-state index in [-0.39, 0.29) is 5.56 Å². The van der Waals surface area contributed by atoms with Crippen LogP contribution in [0.25, 0.3) is 0 Å². The first-order valence-electron chi connectivity index (χ1n) is 5.54. The predicted octanol–water partition coefficient (Wildman–Crippen LogP) is 1.84. The van der Waals surface area contributed by atoms with Gasteiger partial charge in [-0.1, -0.05) is 26.8 Å². The zero-order valence-corrected chi connectivity index (χ0v) is 9.79. The van der Waals surface area contributed by atoms with Crippen molar-refractivity contribution in [2.24, 2.45) is 5.73 Å². The molecule has 0 bridgehead atoms. The van der Waals surface area contributed by atoms with Gasteiger partial charge in [-0.15, -0.1) is 0 Å². The van der Waals surface area contributed by atoms with E-state index in [9.17, 15) is 4.79 Å². The lowest BCUT2D eigenvalue weighted by Gasteiger charge is -2.16. The molecule has 0 aliphatic carbocycles. The van der Waals surface area contributed by atoms with Gasteiger partial charge in [-0.25, -0.2) is 0 Å². The molecule has 0 saturated heterocycles. The minimum atomic E-state index is 0.0746. The normalized spacial score (nSPS) is 11.0. The van der Waals surface area contributed by atoms with Crippen LogP contribution in [-0.2, 0) is 13.1 Å². The van der Waals surface area contributed by atoms with Crippen LogP contribution in [0.4, 0.5) is 0 Å². The molecule has 0 spiro atoms. The van der Waals surface area contributed by atoms with Gasteiger partial charge in [-0.05, 0) is 18.4 Å². The third kappa shape index (κ3) is 2.48. The fourth-order valence-electron chi connectivity index (χ4n) is 1.75. The summed E-state index contributed by atoms with van der Waals surface area (Å²) in [6.07, 6.45) is 0.966. The van der Waals surface area contributed by atoms with Gasteiger partial charge in [0.1, 0.15) is 0 Å². The van der Waals surface area contributed by atoms with E-state index >= 15 is 0 Å². The summed E-state index contributed by atoms with van der Waals surface area (Å²) in [7, 11) is 0. The highest BCUT2D eigenvalue weighted by Crippen LogP contribution is 2.13. The molecule has 0 aliphatic heterocycles. The minimum Gasteiger partial charge on any atom is -0.326 e. The molecule has 0 fully saturated rings. The summed E-state index contributed by atoms with van der Waals surface area (Å²) < 4.78 is 1.85. The van der Waals surface area contributed by atoms with Crippen LogP contribution in [0.1, 0.15) is 44.4 Å². The number of hydrogen-bond acceptors (Lipinski definition) is 2. The summed E-state index contributed by atoms with van der Waals surface area (Å²) >= 11 is 0. The zero-order chi connectivity index (χ0) is 11.4. The van der Waals surface area contributed by atoms with Gasteiger partial charge in [0, 0.05) is 24.3 Å². The molecule has 1 heterocycles. The maximum Gasteiger partial charge on any atom is 0.255 e. The molecule has 84 valence electrons. The molecule has 0 aliphatic rings. The van der Waals surface area contributed by atoms with Gasteiger partial charge in [-0.2, -0.15) is 0 Å². The maximum atomic E-state index is 12.0. The molecule has 0 saturated carbocycles. The van der Waals surface area contributed by atoms with E-state index in [1.54, 1.807) is 0 Å². The highest BCUT2D eigenvalue weighted by molar-refractivity contribution is 5.18. The Morgan fingerprint density at radius 1 is 1.40 bits per heavy atom. The van der Waals surface area contributed by atoms with Crippen LogP contribution in [0.3, 0.4) is 0 Å². The van der Waals surface area contributed by atoms with Crippen molar-refractivity contribution in [1.82, 2.24) is 4.57 Å². The predicted molar refractivity (Wildman–Crippen MR) is 63.0 cm³/mol. The molecule has 1 rings (SSSR count). The van der Waals surface area contributed by atoms with Crippen molar-refractivity contribution < 1.29 is 0 Å². The molecule has 0 unspecified atom stereocenters. The van der Waals surface area contributed by atoms with Crippen LogP contribution < -0.4 is 11.3 Å². The van der Waals surface area contributed by atoms with E-state index in [2.05, 4.69) is 20.8 Å². The van der Waals surface area contributed by atoms with Crippen LogP contribution in [0.5, 0.6) is 0 Å². The lowest BCUT2D eigenvalue weighted by Crippen LogP contribution is -2.28. The molecular formula is C12H20N2O. The molecule has 0 radical (unpaired) electrons. The van der Waals surface area contributed by atoms with E-state index in [1.165, 1.54) is 0 Å². The number of rotatable bonds is 4. The Bertz CT molecular complexity index is 380. The molecule has 2 N–H and O–H groups in total. The van der Waals surface area contributed by atoms with Crippen LogP contribution >= 0.6 is 0 Å². The molecule has 3 nitrogen and oxygen atoms in total. The monoisotopic (exact) mass is 208 g/mol. The van der Waals surface area contributed by atoms with Gasteiger partial charge in [0.2, 0.25) is 0 Å². The van der Waals surface area contributed by atoms with E-state index in [0.29, 0.717) is 18.0 Å². The summed E-state index contributed by atoms with van der Waals surface area (Å²) in [6, 6.07) is 3.87. The van der Waals surface area contributed by atoms with Gasteiger partial charge < -0.3 is 10.3 Å². The van der Waals surface area contributed by atoms with Crippen molar-refractivity contribution in [3.8, 4) is 0 Å². The Morgan fingerprint density at radius 3 is 2.53 bits per heavy atom. The number of aromatic nitrogens is 1. The number of nitrogens with two attached hydrogens (primary N) is 1. The van der Waals surface area contributed by atoms with E-state index in [4.69, 9.17) is 5.73 Å². The second kappa shape index (κ2) is 5.12. The summed E-state index contributed by atoms with van der Waals surface area (Å²) in [4.78, 5) is 12.0. The number of nitrogens with zero attached hydrogens (tertiary/aromatic N) is 1.